The molecule has 14 heavy (non-hydrogen) atoms. The van der Waals surface area contributed by atoms with Crippen LogP contribution in [0.2, 0.25) is 0 Å². The number of rotatable bonds is 3. The number of aromatic amines is 1. The smallest absolute Gasteiger partial charge is 0.130 e. The van der Waals surface area contributed by atoms with Crippen molar-refractivity contribution in [1.29, 1.82) is 0 Å². The Bertz CT molecular complexity index is 341. The first-order chi connectivity index (χ1) is 6.77. The minimum absolute atomic E-state index is 0.248. The van der Waals surface area contributed by atoms with E-state index >= 15 is 0 Å². The Kier molecular flexibility index (Phi) is 2.66. The first kappa shape index (κ1) is 9.44. The van der Waals surface area contributed by atoms with Crippen LogP contribution in [-0.2, 0) is 24.1 Å². The molecule has 76 valence electrons. The Morgan fingerprint density at radius 2 is 2.21 bits per heavy atom. The molecule has 0 unspecified atom stereocenters. The van der Waals surface area contributed by atoms with Gasteiger partial charge in [-0.2, -0.15) is 5.10 Å². The van der Waals surface area contributed by atoms with Crippen molar-refractivity contribution in [2.24, 2.45) is 0 Å². The van der Waals surface area contributed by atoms with Gasteiger partial charge in [0.05, 0.1) is 5.69 Å². The van der Waals surface area contributed by atoms with Crippen LogP contribution in [0.3, 0.4) is 0 Å². The van der Waals surface area contributed by atoms with Gasteiger partial charge >= 0.3 is 0 Å². The molecule has 1 aromatic heterocycles. The quantitative estimate of drug-likeness (QED) is 0.793. The summed E-state index contributed by atoms with van der Waals surface area (Å²) in [6.45, 7) is 1.64. The number of carbonyl (C=O) groups is 1. The van der Waals surface area contributed by atoms with Crippen LogP contribution in [0.4, 0.5) is 0 Å². The number of aryl methyl sites for hydroxylation is 2. The van der Waals surface area contributed by atoms with E-state index in [0.29, 0.717) is 6.42 Å². The summed E-state index contributed by atoms with van der Waals surface area (Å²) in [6.07, 6.45) is 6.22. The normalized spacial score (nSPS) is 15.2. The second-order valence-electron chi connectivity index (χ2n) is 4.04. The summed E-state index contributed by atoms with van der Waals surface area (Å²) in [5.74, 6) is 0.248. The number of fused-ring (bicyclic) bond motifs is 1. The minimum Gasteiger partial charge on any atom is -0.300 e. The highest BCUT2D eigenvalue weighted by atomic mass is 16.1. The number of H-pyrrole nitrogens is 1. The Morgan fingerprint density at radius 1 is 1.43 bits per heavy atom. The Hall–Kier alpha value is -1.12. The molecule has 3 nitrogen and oxygen atoms in total. The predicted molar refractivity (Wildman–Crippen MR) is 54.2 cm³/mol. The van der Waals surface area contributed by atoms with Crippen molar-refractivity contribution in [2.45, 2.75) is 45.4 Å². The molecular formula is C11H16N2O. The molecule has 0 aliphatic heterocycles. The van der Waals surface area contributed by atoms with Crippen LogP contribution in [-0.4, -0.2) is 16.0 Å². The van der Waals surface area contributed by atoms with E-state index in [1.54, 1.807) is 6.92 Å². The van der Waals surface area contributed by atoms with Gasteiger partial charge in [0, 0.05) is 12.1 Å². The number of aromatic nitrogens is 2. The van der Waals surface area contributed by atoms with Crippen LogP contribution in [0.25, 0.3) is 0 Å². The summed E-state index contributed by atoms with van der Waals surface area (Å²) in [5.41, 5.74) is 3.81. The summed E-state index contributed by atoms with van der Waals surface area (Å²) in [4.78, 5) is 10.9. The third-order valence-corrected chi connectivity index (χ3v) is 2.86. The molecule has 0 atom stereocenters. The Morgan fingerprint density at radius 3 is 3.00 bits per heavy atom. The topological polar surface area (TPSA) is 45.8 Å². The number of ketones is 1. The lowest BCUT2D eigenvalue weighted by molar-refractivity contribution is -0.116. The summed E-state index contributed by atoms with van der Waals surface area (Å²) in [5, 5.41) is 7.38. The average molecular weight is 192 g/mol. The molecule has 0 saturated heterocycles. The standard InChI is InChI=1S/C11H16N2O/c1-8(14)6-7-11-9-4-2-3-5-10(9)12-13-11/h2-7H2,1H3,(H,12,13). The number of hydrogen-bond acceptors (Lipinski definition) is 2. The van der Waals surface area contributed by atoms with Crippen LogP contribution in [0.15, 0.2) is 0 Å². The molecule has 1 heterocycles. The van der Waals surface area contributed by atoms with E-state index in [-0.39, 0.29) is 5.78 Å². The van der Waals surface area contributed by atoms with Crippen LogP contribution < -0.4 is 0 Å². The van der Waals surface area contributed by atoms with E-state index < -0.39 is 0 Å². The minimum atomic E-state index is 0.248. The lowest BCUT2D eigenvalue weighted by Gasteiger charge is -2.10. The molecule has 0 amide bonds. The zero-order chi connectivity index (χ0) is 9.97. The van der Waals surface area contributed by atoms with Crippen LogP contribution >= 0.6 is 0 Å². The molecule has 2 rings (SSSR count). The Labute approximate surface area is 83.9 Å². The molecule has 0 radical (unpaired) electrons. The molecule has 1 aliphatic rings. The highest BCUT2D eigenvalue weighted by Crippen LogP contribution is 2.22. The largest absolute Gasteiger partial charge is 0.300 e. The van der Waals surface area contributed by atoms with Gasteiger partial charge < -0.3 is 4.79 Å². The van der Waals surface area contributed by atoms with Crippen molar-refractivity contribution < 1.29 is 4.79 Å². The SMILES string of the molecule is CC(=O)CCc1n[nH]c2c1CCCC2. The lowest BCUT2D eigenvalue weighted by Crippen LogP contribution is -2.03. The summed E-state index contributed by atoms with van der Waals surface area (Å²) in [6, 6.07) is 0. The van der Waals surface area contributed by atoms with Crippen LogP contribution in [0.1, 0.15) is 43.1 Å². The molecule has 3 heteroatoms. The summed E-state index contributed by atoms with van der Waals surface area (Å²) in [7, 11) is 0. The lowest BCUT2D eigenvalue weighted by atomic mass is 9.94. The first-order valence-electron chi connectivity index (χ1n) is 5.32. The summed E-state index contributed by atoms with van der Waals surface area (Å²) >= 11 is 0. The maximum absolute atomic E-state index is 10.9. The van der Waals surface area contributed by atoms with Crippen LogP contribution in [0, 0.1) is 0 Å². The number of hydrogen-bond donors (Lipinski definition) is 1. The van der Waals surface area contributed by atoms with Gasteiger partial charge in [0.25, 0.3) is 0 Å². The van der Waals surface area contributed by atoms with Gasteiger partial charge in [-0.15, -0.1) is 0 Å². The van der Waals surface area contributed by atoms with Gasteiger partial charge in [0.1, 0.15) is 5.78 Å². The molecule has 0 aromatic carbocycles. The third kappa shape index (κ3) is 1.86. The van der Waals surface area contributed by atoms with E-state index in [0.717, 1.165) is 25.0 Å². The maximum atomic E-state index is 10.9. The van der Waals surface area contributed by atoms with E-state index in [1.165, 1.54) is 24.1 Å². The number of Topliss-reactive ketones (excluding diaryl/α,β-unsaturated/α-hetero) is 1. The van der Waals surface area contributed by atoms with Gasteiger partial charge in [-0.05, 0) is 44.6 Å². The van der Waals surface area contributed by atoms with Gasteiger partial charge in [-0.3, -0.25) is 5.10 Å². The van der Waals surface area contributed by atoms with Gasteiger partial charge in [0.15, 0.2) is 0 Å². The zero-order valence-corrected chi connectivity index (χ0v) is 8.60. The molecule has 1 aromatic rings. The van der Waals surface area contributed by atoms with Gasteiger partial charge in [-0.1, -0.05) is 0 Å². The second kappa shape index (κ2) is 3.95. The van der Waals surface area contributed by atoms with Crippen molar-refractivity contribution in [1.82, 2.24) is 10.2 Å². The Balaban J connectivity index is 2.10. The fraction of sp³-hybridized carbons (Fsp3) is 0.636. The molecule has 0 spiro atoms. The molecular weight excluding hydrogens is 176 g/mol. The molecule has 0 saturated carbocycles. The van der Waals surface area contributed by atoms with Crippen LogP contribution in [0.5, 0.6) is 0 Å². The highest BCUT2D eigenvalue weighted by Gasteiger charge is 2.16. The molecule has 1 N–H and O–H groups in total. The predicted octanol–water partition coefficient (Wildman–Crippen LogP) is 1.81. The molecule has 1 aliphatic carbocycles. The maximum Gasteiger partial charge on any atom is 0.130 e. The number of carbonyl (C=O) groups excluding carboxylic acids is 1. The molecule has 0 fully saturated rings. The molecule has 0 bridgehead atoms. The highest BCUT2D eigenvalue weighted by molar-refractivity contribution is 5.75. The fourth-order valence-corrected chi connectivity index (χ4v) is 2.05. The van der Waals surface area contributed by atoms with E-state index in [9.17, 15) is 4.79 Å². The van der Waals surface area contributed by atoms with Crippen molar-refractivity contribution in [2.75, 3.05) is 0 Å². The summed E-state index contributed by atoms with van der Waals surface area (Å²) < 4.78 is 0. The fourth-order valence-electron chi connectivity index (χ4n) is 2.05. The van der Waals surface area contributed by atoms with Gasteiger partial charge in [-0.25, -0.2) is 0 Å². The zero-order valence-electron chi connectivity index (χ0n) is 8.60. The number of nitrogens with zero attached hydrogens (tertiary/aromatic N) is 1. The third-order valence-electron chi connectivity index (χ3n) is 2.86. The first-order valence-corrected chi connectivity index (χ1v) is 5.32. The van der Waals surface area contributed by atoms with Crippen molar-refractivity contribution >= 4 is 5.78 Å². The average Bonchev–Trinajstić information content (AvgIpc) is 2.58. The van der Waals surface area contributed by atoms with Crippen molar-refractivity contribution in [3.8, 4) is 0 Å². The van der Waals surface area contributed by atoms with E-state index in [1.807, 2.05) is 0 Å². The van der Waals surface area contributed by atoms with Crippen molar-refractivity contribution in [3.63, 3.8) is 0 Å². The van der Waals surface area contributed by atoms with E-state index in [4.69, 9.17) is 0 Å². The van der Waals surface area contributed by atoms with Crippen molar-refractivity contribution in [3.05, 3.63) is 17.0 Å². The number of nitrogens with one attached hydrogen (secondary N) is 1. The van der Waals surface area contributed by atoms with Gasteiger partial charge in [0.2, 0.25) is 0 Å². The monoisotopic (exact) mass is 192 g/mol. The second-order valence-corrected chi connectivity index (χ2v) is 4.04. The van der Waals surface area contributed by atoms with E-state index in [2.05, 4.69) is 10.2 Å².